The third-order valence-corrected chi connectivity index (χ3v) is 4.62. The van der Waals surface area contributed by atoms with Crippen LogP contribution in [0.4, 0.5) is 10.1 Å². The number of rotatable bonds is 6. The lowest BCUT2D eigenvalue weighted by Crippen LogP contribution is -2.23. The van der Waals surface area contributed by atoms with Gasteiger partial charge in [0.2, 0.25) is 5.88 Å². The fourth-order valence-electron chi connectivity index (χ4n) is 3.07. The van der Waals surface area contributed by atoms with Crippen LogP contribution in [0.2, 0.25) is 0 Å². The zero-order chi connectivity index (χ0) is 19.4. The molecule has 0 unspecified atom stereocenters. The van der Waals surface area contributed by atoms with Gasteiger partial charge in [-0.05, 0) is 50.3 Å². The zero-order valence-electron chi connectivity index (χ0n) is 14.9. The molecule has 3 rings (SSSR count). The van der Waals surface area contributed by atoms with Gasteiger partial charge >= 0.3 is 0 Å². The summed E-state index contributed by atoms with van der Waals surface area (Å²) in [7, 11) is 0. The van der Waals surface area contributed by atoms with Crippen molar-refractivity contribution in [3.63, 3.8) is 0 Å². The molecule has 1 saturated carbocycles. The number of carbonyl (C=O) groups is 1. The molecule has 0 bridgehead atoms. The van der Waals surface area contributed by atoms with Crippen LogP contribution in [0.5, 0.6) is 5.88 Å². The first-order valence-electron chi connectivity index (χ1n) is 8.78. The molecule has 142 valence electrons. The first-order valence-corrected chi connectivity index (χ1v) is 8.78. The molecule has 1 N–H and O–H groups in total. The molecule has 0 radical (unpaired) electrons. The van der Waals surface area contributed by atoms with Crippen LogP contribution >= 0.6 is 0 Å². The lowest BCUT2D eigenvalue weighted by Gasteiger charge is -2.13. The Morgan fingerprint density at radius 3 is 2.81 bits per heavy atom. The van der Waals surface area contributed by atoms with Gasteiger partial charge in [0.1, 0.15) is 11.9 Å². The van der Waals surface area contributed by atoms with Gasteiger partial charge in [-0.25, -0.2) is 9.37 Å². The minimum Gasteiger partial charge on any atom is -0.474 e. The number of nitro benzene ring substituents is 1. The second-order valence-electron chi connectivity index (χ2n) is 6.57. The van der Waals surface area contributed by atoms with E-state index in [0.29, 0.717) is 5.88 Å². The van der Waals surface area contributed by atoms with Gasteiger partial charge in [0, 0.05) is 30.4 Å². The van der Waals surface area contributed by atoms with Crippen molar-refractivity contribution in [2.24, 2.45) is 0 Å². The molecule has 2 aromatic rings. The third-order valence-electron chi connectivity index (χ3n) is 4.62. The number of pyridine rings is 1. The minimum atomic E-state index is -0.787. The van der Waals surface area contributed by atoms with Gasteiger partial charge in [-0.2, -0.15) is 0 Å². The van der Waals surface area contributed by atoms with Gasteiger partial charge in [-0.3, -0.25) is 14.9 Å². The maximum absolute atomic E-state index is 13.9. The molecular weight excluding hydrogens is 353 g/mol. The molecule has 27 heavy (non-hydrogen) atoms. The molecule has 1 heterocycles. The smallest absolute Gasteiger partial charge is 0.276 e. The number of halogens is 1. The predicted octanol–water partition coefficient (Wildman–Crippen LogP) is 3.69. The largest absolute Gasteiger partial charge is 0.474 e. The quantitative estimate of drug-likeness (QED) is 0.616. The standard InChI is InChI=1S/C19H20FN3O4/c1-12-16(20)9-14(10-17(12)23(25)26)19(24)22-11-13-6-7-21-18(8-13)27-15-4-2-3-5-15/h6-10,15H,2-5,11H2,1H3,(H,22,24). The van der Waals surface area contributed by atoms with Crippen molar-refractivity contribution in [1.82, 2.24) is 10.3 Å². The second kappa shape index (κ2) is 8.11. The van der Waals surface area contributed by atoms with Crippen molar-refractivity contribution in [3.05, 3.63) is 63.1 Å². The summed E-state index contributed by atoms with van der Waals surface area (Å²) in [4.78, 5) is 26.7. The summed E-state index contributed by atoms with van der Waals surface area (Å²) < 4.78 is 19.7. The molecule has 0 saturated heterocycles. The highest BCUT2D eigenvalue weighted by Crippen LogP contribution is 2.24. The summed E-state index contributed by atoms with van der Waals surface area (Å²) in [5.41, 5.74) is 0.158. The maximum Gasteiger partial charge on any atom is 0.276 e. The lowest BCUT2D eigenvalue weighted by molar-refractivity contribution is -0.385. The third kappa shape index (κ3) is 4.58. The Morgan fingerprint density at radius 1 is 1.37 bits per heavy atom. The molecule has 0 atom stereocenters. The first kappa shape index (κ1) is 18.8. The number of ether oxygens (including phenoxy) is 1. The Bertz CT molecular complexity index is 866. The van der Waals surface area contributed by atoms with Crippen LogP contribution in [0.1, 0.15) is 47.2 Å². The van der Waals surface area contributed by atoms with Gasteiger partial charge in [0.15, 0.2) is 0 Å². The van der Waals surface area contributed by atoms with Crippen LogP contribution in [-0.4, -0.2) is 21.9 Å². The first-order chi connectivity index (χ1) is 12.9. The van der Waals surface area contributed by atoms with Crippen LogP contribution in [0.3, 0.4) is 0 Å². The number of amides is 1. The SMILES string of the molecule is Cc1c(F)cc(C(=O)NCc2ccnc(OC3CCCC3)c2)cc1[N+](=O)[O-]. The van der Waals surface area contributed by atoms with Crippen LogP contribution in [-0.2, 0) is 6.54 Å². The molecule has 0 aliphatic heterocycles. The molecule has 1 aromatic carbocycles. The monoisotopic (exact) mass is 373 g/mol. The van der Waals surface area contributed by atoms with Crippen molar-refractivity contribution >= 4 is 11.6 Å². The van der Waals surface area contributed by atoms with Crippen molar-refractivity contribution in [1.29, 1.82) is 0 Å². The van der Waals surface area contributed by atoms with Crippen LogP contribution in [0.15, 0.2) is 30.5 Å². The predicted molar refractivity (Wildman–Crippen MR) is 96.1 cm³/mol. The summed E-state index contributed by atoms with van der Waals surface area (Å²) in [5.74, 6) is -0.872. The highest BCUT2D eigenvalue weighted by atomic mass is 19.1. The molecule has 0 spiro atoms. The maximum atomic E-state index is 13.9. The Hall–Kier alpha value is -3.03. The summed E-state index contributed by atoms with van der Waals surface area (Å²) in [6.07, 6.45) is 6.11. The number of nitrogens with one attached hydrogen (secondary N) is 1. The van der Waals surface area contributed by atoms with Crippen molar-refractivity contribution < 1.29 is 18.8 Å². The Kier molecular flexibility index (Phi) is 5.63. The van der Waals surface area contributed by atoms with Gasteiger partial charge < -0.3 is 10.1 Å². The average Bonchev–Trinajstić information content (AvgIpc) is 3.15. The topological polar surface area (TPSA) is 94.4 Å². The number of aromatic nitrogens is 1. The average molecular weight is 373 g/mol. The highest BCUT2D eigenvalue weighted by Gasteiger charge is 2.20. The summed E-state index contributed by atoms with van der Waals surface area (Å²) >= 11 is 0. The number of carbonyl (C=O) groups excluding carboxylic acids is 1. The Labute approximate surface area is 155 Å². The number of hydrogen-bond acceptors (Lipinski definition) is 5. The van der Waals surface area contributed by atoms with E-state index >= 15 is 0 Å². The van der Waals surface area contributed by atoms with E-state index in [2.05, 4.69) is 10.3 Å². The fraction of sp³-hybridized carbons (Fsp3) is 0.368. The van der Waals surface area contributed by atoms with E-state index in [-0.39, 0.29) is 23.8 Å². The van der Waals surface area contributed by atoms with Crippen molar-refractivity contribution in [2.75, 3.05) is 0 Å². The Balaban J connectivity index is 1.66. The van der Waals surface area contributed by atoms with E-state index in [1.807, 2.05) is 0 Å². The highest BCUT2D eigenvalue weighted by molar-refractivity contribution is 5.95. The fourth-order valence-corrected chi connectivity index (χ4v) is 3.07. The summed E-state index contributed by atoms with van der Waals surface area (Å²) in [6.45, 7) is 1.48. The molecular formula is C19H20FN3O4. The molecule has 7 nitrogen and oxygen atoms in total. The molecule has 1 fully saturated rings. The van der Waals surface area contributed by atoms with Gasteiger partial charge in [0.05, 0.1) is 10.5 Å². The number of benzene rings is 1. The van der Waals surface area contributed by atoms with E-state index in [1.165, 1.54) is 6.92 Å². The number of nitro groups is 1. The second-order valence-corrected chi connectivity index (χ2v) is 6.57. The van der Waals surface area contributed by atoms with Crippen LogP contribution in [0.25, 0.3) is 0 Å². The molecule has 1 aliphatic carbocycles. The zero-order valence-corrected chi connectivity index (χ0v) is 14.9. The molecule has 1 amide bonds. The van der Waals surface area contributed by atoms with Gasteiger partial charge in [-0.1, -0.05) is 0 Å². The van der Waals surface area contributed by atoms with Crippen LogP contribution < -0.4 is 10.1 Å². The molecule has 1 aliphatic rings. The molecule has 1 aromatic heterocycles. The van der Waals surface area contributed by atoms with E-state index in [1.54, 1.807) is 18.3 Å². The van der Waals surface area contributed by atoms with E-state index in [9.17, 15) is 19.3 Å². The van der Waals surface area contributed by atoms with E-state index in [4.69, 9.17) is 4.74 Å². The van der Waals surface area contributed by atoms with E-state index in [0.717, 1.165) is 43.4 Å². The van der Waals surface area contributed by atoms with Crippen LogP contribution in [0, 0.1) is 22.9 Å². The van der Waals surface area contributed by atoms with Crippen molar-refractivity contribution in [2.45, 2.75) is 45.3 Å². The summed E-state index contributed by atoms with van der Waals surface area (Å²) in [6, 6.07) is 5.56. The summed E-state index contributed by atoms with van der Waals surface area (Å²) in [5, 5.41) is 13.6. The lowest BCUT2D eigenvalue weighted by atomic mass is 10.1. The number of hydrogen-bond donors (Lipinski definition) is 1. The normalized spacial score (nSPS) is 14.1. The van der Waals surface area contributed by atoms with Crippen molar-refractivity contribution in [3.8, 4) is 5.88 Å². The van der Waals surface area contributed by atoms with E-state index < -0.39 is 22.3 Å². The van der Waals surface area contributed by atoms with Gasteiger partial charge in [0.25, 0.3) is 11.6 Å². The minimum absolute atomic E-state index is 0.0960. The Morgan fingerprint density at radius 2 is 2.11 bits per heavy atom. The molecule has 8 heteroatoms. The van der Waals surface area contributed by atoms with Gasteiger partial charge in [-0.15, -0.1) is 0 Å². The number of nitrogens with zero attached hydrogens (tertiary/aromatic N) is 2.